The summed E-state index contributed by atoms with van der Waals surface area (Å²) in [4.78, 5) is 11.4. The van der Waals surface area contributed by atoms with Gasteiger partial charge in [0.1, 0.15) is 10.1 Å². The van der Waals surface area contributed by atoms with Crippen LogP contribution in [0.15, 0.2) is 22.8 Å². The highest BCUT2D eigenvalue weighted by Gasteiger charge is 2.12. The molecule has 1 aromatic carbocycles. The van der Waals surface area contributed by atoms with Crippen LogP contribution in [-0.4, -0.2) is 15.6 Å². The molecular weight excluding hydrogens is 256 g/mol. The minimum atomic E-state index is 0.0499. The molecule has 0 aliphatic carbocycles. The third-order valence-electron chi connectivity index (χ3n) is 2.38. The fourth-order valence-electron chi connectivity index (χ4n) is 1.61. The van der Waals surface area contributed by atoms with Crippen molar-refractivity contribution in [1.29, 1.82) is 0 Å². The molecule has 0 unspecified atom stereocenters. The summed E-state index contributed by atoms with van der Waals surface area (Å²) in [6, 6.07) is 5.65. The maximum absolute atomic E-state index is 11.4. The Morgan fingerprint density at radius 2 is 2.27 bits per heavy atom. The van der Waals surface area contributed by atoms with E-state index in [2.05, 4.69) is 21.0 Å². The Labute approximate surface area is 96.2 Å². The fraction of sp³-hybridized carbons (Fsp3) is 0.273. The maximum Gasteiger partial charge on any atom is 0.162 e. The molecule has 0 N–H and O–H groups in total. The Balaban J connectivity index is 2.81. The van der Waals surface area contributed by atoms with Crippen molar-refractivity contribution in [2.45, 2.75) is 20.4 Å². The number of Topliss-reactive ketones (excluding diaryl/α,β-unsaturated/α-hetero) is 1. The Morgan fingerprint density at radius 1 is 1.53 bits per heavy atom. The molecule has 0 radical (unpaired) electrons. The van der Waals surface area contributed by atoms with E-state index >= 15 is 0 Å². The minimum absolute atomic E-state index is 0.0499. The molecule has 15 heavy (non-hydrogen) atoms. The maximum atomic E-state index is 11.4. The van der Waals surface area contributed by atoms with Crippen LogP contribution in [0.1, 0.15) is 24.2 Å². The monoisotopic (exact) mass is 266 g/mol. The molecule has 0 aliphatic rings. The van der Waals surface area contributed by atoms with Gasteiger partial charge in [0.15, 0.2) is 5.78 Å². The first kappa shape index (κ1) is 10.4. The van der Waals surface area contributed by atoms with Gasteiger partial charge >= 0.3 is 0 Å². The summed E-state index contributed by atoms with van der Waals surface area (Å²) in [5.74, 6) is 0.0499. The van der Waals surface area contributed by atoms with Crippen LogP contribution < -0.4 is 0 Å². The lowest BCUT2D eigenvalue weighted by Gasteiger charge is -1.95. The van der Waals surface area contributed by atoms with Crippen molar-refractivity contribution in [3.05, 3.63) is 28.4 Å². The summed E-state index contributed by atoms with van der Waals surface area (Å²) in [7, 11) is 0. The van der Waals surface area contributed by atoms with Gasteiger partial charge in [-0.25, -0.2) is 0 Å². The molecule has 0 saturated heterocycles. The number of nitrogens with zero attached hydrogens (tertiary/aromatic N) is 2. The lowest BCUT2D eigenvalue weighted by Crippen LogP contribution is -1.97. The molecule has 4 heteroatoms. The number of hydrogen-bond donors (Lipinski definition) is 0. The van der Waals surface area contributed by atoms with E-state index in [1.165, 1.54) is 0 Å². The highest BCUT2D eigenvalue weighted by atomic mass is 79.9. The molecule has 0 saturated carbocycles. The Hall–Kier alpha value is -1.16. The number of carbonyl (C=O) groups is 1. The summed E-state index contributed by atoms with van der Waals surface area (Å²) in [5, 5.41) is 5.39. The number of fused-ring (bicyclic) bond motifs is 1. The van der Waals surface area contributed by atoms with Gasteiger partial charge in [0.05, 0.1) is 0 Å². The number of benzene rings is 1. The highest BCUT2D eigenvalue weighted by molar-refractivity contribution is 9.10. The van der Waals surface area contributed by atoms with Crippen molar-refractivity contribution in [3.8, 4) is 0 Å². The van der Waals surface area contributed by atoms with Crippen LogP contribution in [0.2, 0.25) is 0 Å². The topological polar surface area (TPSA) is 34.9 Å². The van der Waals surface area contributed by atoms with Crippen LogP contribution in [0.25, 0.3) is 10.9 Å². The largest absolute Gasteiger partial charge is 0.294 e. The predicted octanol–water partition coefficient (Wildman–Crippen LogP) is 3.02. The molecule has 0 aliphatic heterocycles. The van der Waals surface area contributed by atoms with Crippen molar-refractivity contribution in [2.75, 3.05) is 0 Å². The first-order chi connectivity index (χ1) is 7.15. The second kappa shape index (κ2) is 3.77. The van der Waals surface area contributed by atoms with Crippen molar-refractivity contribution in [1.82, 2.24) is 9.78 Å². The molecule has 1 heterocycles. The number of hydrogen-bond acceptors (Lipinski definition) is 2. The molecule has 2 aromatic rings. The number of ketones is 1. The first-order valence-electron chi connectivity index (χ1n) is 4.81. The minimum Gasteiger partial charge on any atom is -0.294 e. The summed E-state index contributed by atoms with van der Waals surface area (Å²) >= 11 is 3.48. The van der Waals surface area contributed by atoms with Crippen LogP contribution in [0.3, 0.4) is 0 Å². The standard InChI is InChI=1S/C11H11BrN2O/c1-3-14-11(12)9-6-4-5-8(7(2)15)10(9)13-14/h4-6H,3H2,1-2H3. The number of aromatic nitrogens is 2. The lowest BCUT2D eigenvalue weighted by molar-refractivity contribution is 0.101. The third-order valence-corrected chi connectivity index (χ3v) is 3.22. The van der Waals surface area contributed by atoms with E-state index in [0.29, 0.717) is 5.56 Å². The quantitative estimate of drug-likeness (QED) is 0.784. The predicted molar refractivity (Wildman–Crippen MR) is 63.1 cm³/mol. The van der Waals surface area contributed by atoms with E-state index in [1.54, 1.807) is 6.92 Å². The Kier molecular flexibility index (Phi) is 2.61. The van der Waals surface area contributed by atoms with Crippen LogP contribution in [0.4, 0.5) is 0 Å². The summed E-state index contributed by atoms with van der Waals surface area (Å²) in [5.41, 5.74) is 1.46. The van der Waals surface area contributed by atoms with Gasteiger partial charge in [-0.15, -0.1) is 0 Å². The van der Waals surface area contributed by atoms with Gasteiger partial charge in [-0.2, -0.15) is 5.10 Å². The molecular formula is C11H11BrN2O. The molecule has 2 rings (SSSR count). The second-order valence-electron chi connectivity index (χ2n) is 3.36. The van der Waals surface area contributed by atoms with Crippen molar-refractivity contribution in [2.24, 2.45) is 0 Å². The molecule has 0 amide bonds. The number of carbonyl (C=O) groups excluding carboxylic acids is 1. The Bertz CT molecular complexity index is 531. The average molecular weight is 267 g/mol. The van der Waals surface area contributed by atoms with Gasteiger partial charge in [-0.05, 0) is 41.9 Å². The molecule has 78 valence electrons. The number of aryl methyl sites for hydroxylation is 1. The molecule has 0 bridgehead atoms. The van der Waals surface area contributed by atoms with Crippen molar-refractivity contribution < 1.29 is 4.79 Å². The fourth-order valence-corrected chi connectivity index (χ4v) is 2.27. The summed E-state index contributed by atoms with van der Waals surface area (Å²) < 4.78 is 2.78. The van der Waals surface area contributed by atoms with E-state index in [-0.39, 0.29) is 5.78 Å². The van der Waals surface area contributed by atoms with Crippen LogP contribution in [0.5, 0.6) is 0 Å². The van der Waals surface area contributed by atoms with Crippen molar-refractivity contribution >= 4 is 32.6 Å². The zero-order valence-electron chi connectivity index (χ0n) is 8.62. The van der Waals surface area contributed by atoms with Gasteiger partial charge in [0.25, 0.3) is 0 Å². The third kappa shape index (κ3) is 1.59. The van der Waals surface area contributed by atoms with Crippen LogP contribution in [-0.2, 0) is 6.54 Å². The molecule has 1 aromatic heterocycles. The smallest absolute Gasteiger partial charge is 0.162 e. The van der Waals surface area contributed by atoms with Crippen LogP contribution in [0, 0.1) is 0 Å². The second-order valence-corrected chi connectivity index (χ2v) is 4.12. The van der Waals surface area contributed by atoms with E-state index < -0.39 is 0 Å². The zero-order valence-corrected chi connectivity index (χ0v) is 10.2. The number of halogens is 1. The molecule has 0 fully saturated rings. The van der Waals surface area contributed by atoms with Gasteiger partial charge in [-0.1, -0.05) is 6.07 Å². The van der Waals surface area contributed by atoms with Crippen molar-refractivity contribution in [3.63, 3.8) is 0 Å². The molecule has 3 nitrogen and oxygen atoms in total. The zero-order chi connectivity index (χ0) is 11.0. The van der Waals surface area contributed by atoms with E-state index in [1.807, 2.05) is 29.8 Å². The molecule has 0 atom stereocenters. The summed E-state index contributed by atoms with van der Waals surface area (Å²) in [6.45, 7) is 4.37. The summed E-state index contributed by atoms with van der Waals surface area (Å²) in [6.07, 6.45) is 0. The first-order valence-corrected chi connectivity index (χ1v) is 5.60. The normalized spacial score (nSPS) is 10.9. The van der Waals surface area contributed by atoms with E-state index in [4.69, 9.17) is 0 Å². The molecule has 0 spiro atoms. The van der Waals surface area contributed by atoms with Gasteiger partial charge < -0.3 is 0 Å². The van der Waals surface area contributed by atoms with Gasteiger partial charge in [0, 0.05) is 17.5 Å². The number of rotatable bonds is 2. The highest BCUT2D eigenvalue weighted by Crippen LogP contribution is 2.26. The lowest BCUT2D eigenvalue weighted by atomic mass is 10.1. The average Bonchev–Trinajstić information content (AvgIpc) is 2.55. The van der Waals surface area contributed by atoms with Gasteiger partial charge in [-0.3, -0.25) is 9.48 Å². The van der Waals surface area contributed by atoms with Gasteiger partial charge in [0.2, 0.25) is 0 Å². The van der Waals surface area contributed by atoms with E-state index in [0.717, 1.165) is 22.1 Å². The van der Waals surface area contributed by atoms with E-state index in [9.17, 15) is 4.79 Å². The Morgan fingerprint density at radius 3 is 2.87 bits per heavy atom. The SMILES string of the molecule is CCn1nc2c(C(C)=O)cccc2c1Br. The van der Waals surface area contributed by atoms with Crippen LogP contribution >= 0.6 is 15.9 Å².